The number of imidazole rings is 1. The number of primary amides is 2. The second-order valence-corrected chi connectivity index (χ2v) is 32.2. The predicted octanol–water partition coefficient (Wildman–Crippen LogP) is -10.3. The second kappa shape index (κ2) is 57.1. The normalized spacial score (nSPS) is 15.2. The molecule has 2 rings (SSSR count). The number of nitrogens with zero attached hydrogens (tertiary/aromatic N) is 1. The van der Waals surface area contributed by atoms with Gasteiger partial charge in [0.05, 0.1) is 56.4 Å². The monoisotopic (exact) mass is 1890 g/mol. The van der Waals surface area contributed by atoms with Crippen LogP contribution in [-0.4, -0.2) is 315 Å². The average molecular weight is 1890 g/mol. The highest BCUT2D eigenvalue weighted by Gasteiger charge is 2.42. The van der Waals surface area contributed by atoms with Crippen LogP contribution in [0.25, 0.3) is 0 Å². The van der Waals surface area contributed by atoms with Crippen molar-refractivity contribution in [2.24, 2.45) is 40.9 Å². The van der Waals surface area contributed by atoms with E-state index in [1.165, 1.54) is 85.3 Å². The Bertz CT molecular complexity index is 4420. The number of benzene rings is 1. The fraction of sp³-hybridized carbons (Fsp3) is 0.600. The van der Waals surface area contributed by atoms with E-state index in [4.69, 9.17) is 22.3 Å². The minimum Gasteiger partial charge on any atom is -0.508 e. The van der Waals surface area contributed by atoms with Gasteiger partial charge in [-0.15, -0.1) is 0 Å². The fourth-order valence-electron chi connectivity index (χ4n) is 12.3. The molecule has 0 aliphatic heterocycles. The molecule has 18 amide bonds. The number of carboxylic acids is 5. The molecule has 740 valence electrons. The van der Waals surface area contributed by atoms with Crippen LogP contribution in [0.3, 0.4) is 0 Å². The van der Waals surface area contributed by atoms with Crippen LogP contribution < -0.4 is 102 Å². The Morgan fingerprint density at radius 3 is 1.13 bits per heavy atom. The van der Waals surface area contributed by atoms with Crippen molar-refractivity contribution in [1.82, 2.24) is 95.0 Å². The van der Waals surface area contributed by atoms with Gasteiger partial charge < -0.3 is 153 Å². The molecule has 0 saturated carbocycles. The number of amides is 18. The Kier molecular flexibility index (Phi) is 49.4. The lowest BCUT2D eigenvalue weighted by atomic mass is 9.95. The molecule has 1 aromatic carbocycles. The van der Waals surface area contributed by atoms with Gasteiger partial charge in [0.25, 0.3) is 0 Å². The number of phenols is 1. The van der Waals surface area contributed by atoms with Crippen molar-refractivity contribution in [2.45, 2.75) is 262 Å². The minimum absolute atomic E-state index is 0.131. The number of H-pyrrole nitrogens is 1. The molecule has 0 aliphatic carbocycles. The van der Waals surface area contributed by atoms with E-state index in [0.29, 0.717) is 0 Å². The lowest BCUT2D eigenvalue weighted by molar-refractivity contribution is -0.144. The van der Waals surface area contributed by atoms with Crippen molar-refractivity contribution < 1.29 is 156 Å². The summed E-state index contributed by atoms with van der Waals surface area (Å²) in [6, 6.07) is -21.9. The van der Waals surface area contributed by atoms with E-state index in [1.807, 2.05) is 0 Å². The number of rotatable bonds is 62. The Hall–Kier alpha value is -14.1. The van der Waals surface area contributed by atoms with E-state index in [2.05, 4.69) is 95.0 Å². The number of aliphatic hydroxyl groups excluding tert-OH is 3. The summed E-state index contributed by atoms with van der Waals surface area (Å²) in [5.74, 6) is -32.5. The topological polar surface area (TPSA) is 874 Å². The Balaban J connectivity index is 2.50. The number of carboxylic acid groups (broad SMARTS) is 5. The van der Waals surface area contributed by atoms with Crippen LogP contribution in [0, 0.1) is 23.7 Å². The number of aromatic nitrogens is 2. The number of hydrogen-bond donors (Lipinski definition) is 29. The molecule has 18 atom stereocenters. The number of hydrogen-bond acceptors (Lipinski definition) is 29. The average Bonchev–Trinajstić information content (AvgIpc) is 1.07. The summed E-state index contributed by atoms with van der Waals surface area (Å²) >= 11 is 0. The summed E-state index contributed by atoms with van der Waals surface area (Å²) in [6.45, 7) is 10.7. The van der Waals surface area contributed by atoms with Crippen LogP contribution in [0.15, 0.2) is 36.8 Å². The van der Waals surface area contributed by atoms with Crippen molar-refractivity contribution in [3.63, 3.8) is 0 Å². The summed E-state index contributed by atoms with van der Waals surface area (Å²) in [7, 11) is 0. The highest BCUT2D eigenvalue weighted by atomic mass is 16.4. The molecule has 0 saturated heterocycles. The number of aliphatic carboxylic acids is 5. The Morgan fingerprint density at radius 2 is 0.714 bits per heavy atom. The molecule has 0 aliphatic rings. The predicted molar refractivity (Wildman–Crippen MR) is 457 cm³/mol. The third kappa shape index (κ3) is 42.1. The van der Waals surface area contributed by atoms with Gasteiger partial charge in [0.15, 0.2) is 0 Å². The van der Waals surface area contributed by atoms with Gasteiger partial charge >= 0.3 is 29.8 Å². The van der Waals surface area contributed by atoms with Crippen LogP contribution in [0.2, 0.25) is 0 Å². The Morgan fingerprint density at radius 1 is 0.368 bits per heavy atom. The molecular formula is C80H123N21O32. The third-order valence-electron chi connectivity index (χ3n) is 20.2. The summed E-state index contributed by atoms with van der Waals surface area (Å²) in [6.07, 6.45) is -9.94. The summed E-state index contributed by atoms with van der Waals surface area (Å²) in [4.78, 5) is 312. The van der Waals surface area contributed by atoms with Crippen LogP contribution in [-0.2, 0) is 123 Å². The number of aromatic hydroxyl groups is 1. The van der Waals surface area contributed by atoms with Gasteiger partial charge in [-0.3, -0.25) is 105 Å². The SMILES string of the molecule is CC[C@H](C)[C@H](NC(=O)[C@@H](NC(=O)[C@H](CC(=O)O)NC(=O)[C@@H](N)CCC(=O)O)C(C)C)C(=O)N[C@@H](CCC(=O)O)C(=O)N[C@H](C(=O)N[C@@H](Cc1ccc(O)cc1)C(=O)N[C@@H](CCC(N)=O)C(=O)N[C@@H](CCC(=O)O)C(=O)N[C@@H](CCC(N)=O)C(=O)N[C@H](C(=O)NCC(=O)NCC(=O)N[C@@H](Cc1c[nH]cn1)C(=O)N[C@@H](CO)C(=O)N[C@H](C(=O)N[C@H](C(=O)O)C(C)C)[C@@H](C)O)[C@@H](C)O)C(C)C. The molecule has 0 spiro atoms. The van der Waals surface area contributed by atoms with Crippen LogP contribution >= 0.6 is 0 Å². The fourth-order valence-corrected chi connectivity index (χ4v) is 12.3. The highest BCUT2D eigenvalue weighted by molar-refractivity contribution is 6.02. The molecule has 1 aromatic heterocycles. The molecule has 1 heterocycles. The van der Waals surface area contributed by atoms with E-state index < -0.39 is 366 Å². The van der Waals surface area contributed by atoms with Gasteiger partial charge in [0.2, 0.25) is 106 Å². The molecule has 2 aromatic rings. The minimum atomic E-state index is -2.05. The zero-order valence-corrected chi connectivity index (χ0v) is 74.7. The number of carbonyl (C=O) groups excluding carboxylic acids is 18. The quantitative estimate of drug-likeness (QED) is 0.0292. The maximum absolute atomic E-state index is 14.8. The lowest BCUT2D eigenvalue weighted by Crippen LogP contribution is -2.62. The first-order chi connectivity index (χ1) is 62.1. The number of nitrogens with two attached hydrogens (primary N) is 3. The van der Waals surface area contributed by atoms with E-state index in [-0.39, 0.29) is 23.4 Å². The van der Waals surface area contributed by atoms with Crippen molar-refractivity contribution in [2.75, 3.05) is 19.7 Å². The molecule has 133 heavy (non-hydrogen) atoms. The van der Waals surface area contributed by atoms with E-state index in [9.17, 15) is 151 Å². The van der Waals surface area contributed by atoms with E-state index in [0.717, 1.165) is 13.8 Å². The third-order valence-corrected chi connectivity index (χ3v) is 20.2. The molecule has 53 nitrogen and oxygen atoms in total. The maximum atomic E-state index is 14.8. The summed E-state index contributed by atoms with van der Waals surface area (Å²) in [5, 5.41) is 125. The Labute approximate surface area is 761 Å². The van der Waals surface area contributed by atoms with Crippen LogP contribution in [0.5, 0.6) is 5.75 Å². The largest absolute Gasteiger partial charge is 0.508 e. The van der Waals surface area contributed by atoms with Gasteiger partial charge in [-0.05, 0) is 87.3 Å². The van der Waals surface area contributed by atoms with Crippen molar-refractivity contribution in [1.29, 1.82) is 0 Å². The van der Waals surface area contributed by atoms with Gasteiger partial charge in [0, 0.05) is 51.1 Å². The van der Waals surface area contributed by atoms with Gasteiger partial charge in [-0.25, -0.2) is 9.78 Å². The molecule has 32 N–H and O–H groups in total. The number of nitrogens with one attached hydrogen (secondary N) is 17. The smallest absolute Gasteiger partial charge is 0.326 e. The maximum Gasteiger partial charge on any atom is 0.326 e. The molecular weight excluding hydrogens is 1770 g/mol. The van der Waals surface area contributed by atoms with Crippen LogP contribution in [0.1, 0.15) is 158 Å². The van der Waals surface area contributed by atoms with Crippen molar-refractivity contribution >= 4 is 136 Å². The van der Waals surface area contributed by atoms with Crippen LogP contribution in [0.4, 0.5) is 0 Å². The lowest BCUT2D eigenvalue weighted by Gasteiger charge is -2.31. The summed E-state index contributed by atoms with van der Waals surface area (Å²) in [5.41, 5.74) is 17.0. The van der Waals surface area contributed by atoms with Gasteiger partial charge in [-0.2, -0.15) is 0 Å². The second-order valence-electron chi connectivity index (χ2n) is 32.2. The first-order valence-corrected chi connectivity index (χ1v) is 42.0. The molecule has 0 unspecified atom stereocenters. The van der Waals surface area contributed by atoms with Gasteiger partial charge in [0.1, 0.15) is 90.3 Å². The van der Waals surface area contributed by atoms with E-state index in [1.54, 1.807) is 6.92 Å². The molecule has 53 heteroatoms. The highest BCUT2D eigenvalue weighted by Crippen LogP contribution is 2.18. The summed E-state index contributed by atoms with van der Waals surface area (Å²) < 4.78 is 0. The number of phenolic OH excluding ortho intramolecular Hbond substituents is 1. The standard InChI is InChI=1S/C80H123N21O32/c1-11-37(8)63(99-77(129)61(35(4)5)97-73(125)50(28-59(116)117)93-66(118)43(81)16-23-56(110)111)78(130)92-47(20-25-58(114)115)69(121)96-60(34(2)3)76(128)94-48(26-40-12-14-42(105)15-13-40)71(123)91-44(17-21-52(82)106)67(119)90-46(19-24-57(112)113)68(120)89-45(18-22-53(83)107)70(122)100-64(38(9)103)75(127)86-30-54(108)85-31-55(109)88-49(27-41-29-84-33-87-41)72(124)95-51(32-102)74(126)101-65(39(10)104)79(131)98-62(36(6)7)80(132)133/h12-15,29,33-39,43-51,60-65,102-105H,11,16-28,30-32,81H2,1-10H3,(H2,82,106)(H2,83,107)(H,84,87)(H,85,108)(H,86,127)(H,88,109)(H,89,120)(H,90,119)(H,91,123)(H,92,130)(H,93,118)(H,94,128)(H,95,124)(H,96,121)(H,97,125)(H,98,131)(H,99,129)(H,100,122)(H,101,126)(H,110,111)(H,112,113)(H,114,115)(H,116,117)(H,132,133)/t37-,38+,39+,43-,44-,45-,46-,47-,48-,49-,50-,51-,60-,61-,62-,63-,64-,65-/m0/s1. The first kappa shape index (κ1) is 115. The number of aromatic amines is 1. The van der Waals surface area contributed by atoms with Crippen molar-refractivity contribution in [3.05, 3.63) is 48.0 Å². The number of carbonyl (C=O) groups is 23. The van der Waals surface area contributed by atoms with Gasteiger partial charge in [-0.1, -0.05) is 73.9 Å². The molecule has 0 fully saturated rings. The molecule has 0 radical (unpaired) electrons. The van der Waals surface area contributed by atoms with E-state index >= 15 is 0 Å². The zero-order valence-electron chi connectivity index (χ0n) is 74.7. The first-order valence-electron chi connectivity index (χ1n) is 42.0. The number of aliphatic hydroxyl groups is 3. The zero-order chi connectivity index (χ0) is 101. The van der Waals surface area contributed by atoms with Crippen molar-refractivity contribution in [3.8, 4) is 5.75 Å². The molecule has 0 bridgehead atoms.